The van der Waals surface area contributed by atoms with E-state index in [0.29, 0.717) is 18.5 Å². The number of ether oxygens (including phenoxy) is 1. The van der Waals surface area contributed by atoms with Gasteiger partial charge < -0.3 is 19.4 Å². The van der Waals surface area contributed by atoms with Gasteiger partial charge in [-0.3, -0.25) is 14.6 Å². The number of amides is 2. The van der Waals surface area contributed by atoms with E-state index in [1.807, 2.05) is 6.07 Å². The summed E-state index contributed by atoms with van der Waals surface area (Å²) in [7, 11) is 0. The molecule has 1 aromatic carbocycles. The van der Waals surface area contributed by atoms with Crippen molar-refractivity contribution in [2.24, 2.45) is 0 Å². The highest BCUT2D eigenvalue weighted by Crippen LogP contribution is 2.43. The average molecular weight is 493 g/mol. The highest BCUT2D eigenvalue weighted by Gasteiger charge is 2.46. The van der Waals surface area contributed by atoms with Crippen LogP contribution in [0.3, 0.4) is 0 Å². The molecule has 2 aliphatic rings. The van der Waals surface area contributed by atoms with Crippen LogP contribution in [0.1, 0.15) is 59.8 Å². The molecule has 1 saturated heterocycles. The second-order valence-corrected chi connectivity index (χ2v) is 9.46. The number of nitrogens with one attached hydrogen (secondary N) is 1. The number of nitrogens with zero attached hydrogens (tertiary/aromatic N) is 3. The van der Waals surface area contributed by atoms with Crippen molar-refractivity contribution in [1.29, 1.82) is 0 Å². The Kier molecular flexibility index (Phi) is 7.09. The van der Waals surface area contributed by atoms with Crippen molar-refractivity contribution in [2.45, 2.75) is 56.2 Å². The Balaban J connectivity index is 1.40. The van der Waals surface area contributed by atoms with Gasteiger partial charge in [-0.05, 0) is 62.3 Å². The van der Waals surface area contributed by atoms with Crippen molar-refractivity contribution in [3.63, 3.8) is 0 Å². The smallest absolute Gasteiger partial charge is 0.277 e. The number of pyridine rings is 1. The van der Waals surface area contributed by atoms with Gasteiger partial charge in [-0.2, -0.15) is 0 Å². The molecule has 2 aromatic heterocycles. The van der Waals surface area contributed by atoms with Crippen molar-refractivity contribution in [1.82, 2.24) is 20.2 Å². The lowest BCUT2D eigenvalue weighted by Crippen LogP contribution is -2.54. The van der Waals surface area contributed by atoms with Crippen LogP contribution in [-0.4, -0.2) is 51.5 Å². The average Bonchev–Trinajstić information content (AvgIpc) is 3.42. The quantitative estimate of drug-likeness (QED) is 0.513. The zero-order valence-corrected chi connectivity index (χ0v) is 19.9. The maximum Gasteiger partial charge on any atom is 0.277 e. The predicted molar refractivity (Wildman–Crippen MR) is 128 cm³/mol. The molecule has 2 amide bonds. The van der Waals surface area contributed by atoms with Gasteiger partial charge in [0.2, 0.25) is 5.91 Å². The number of halogens is 1. The highest BCUT2D eigenvalue weighted by molar-refractivity contribution is 5.96. The first kappa shape index (κ1) is 24.1. The minimum absolute atomic E-state index is 0.0872. The van der Waals surface area contributed by atoms with E-state index in [1.165, 1.54) is 24.8 Å². The Morgan fingerprint density at radius 2 is 2.03 bits per heavy atom. The monoisotopic (exact) mass is 492 g/mol. The molecule has 5 rings (SSSR count). The van der Waals surface area contributed by atoms with E-state index in [9.17, 15) is 14.0 Å². The van der Waals surface area contributed by atoms with Gasteiger partial charge in [0.1, 0.15) is 18.1 Å². The van der Waals surface area contributed by atoms with Crippen LogP contribution in [-0.2, 0) is 16.0 Å². The number of carbonyl (C=O) groups excluding carboxylic acids is 2. The predicted octanol–water partition coefficient (Wildman–Crippen LogP) is 3.85. The lowest BCUT2D eigenvalue weighted by Gasteiger charge is -2.49. The van der Waals surface area contributed by atoms with E-state index in [2.05, 4.69) is 15.3 Å². The van der Waals surface area contributed by atoms with Crippen LogP contribution < -0.4 is 5.32 Å². The van der Waals surface area contributed by atoms with Crippen molar-refractivity contribution in [3.8, 4) is 0 Å². The van der Waals surface area contributed by atoms with Gasteiger partial charge in [0.25, 0.3) is 5.91 Å². The highest BCUT2D eigenvalue weighted by atomic mass is 19.1. The van der Waals surface area contributed by atoms with Crippen LogP contribution in [0.4, 0.5) is 4.39 Å². The van der Waals surface area contributed by atoms with Gasteiger partial charge in [-0.1, -0.05) is 18.2 Å². The molecule has 1 unspecified atom stereocenters. The zero-order chi connectivity index (χ0) is 25.0. The summed E-state index contributed by atoms with van der Waals surface area (Å²) in [5, 5.41) is 2.96. The largest absolute Gasteiger partial charge is 0.451 e. The second kappa shape index (κ2) is 10.6. The Bertz CT molecular complexity index is 1170. The van der Waals surface area contributed by atoms with Crippen LogP contribution in [0.5, 0.6) is 0 Å². The molecule has 1 saturated carbocycles. The first-order valence-electron chi connectivity index (χ1n) is 12.3. The summed E-state index contributed by atoms with van der Waals surface area (Å²) in [5.41, 5.74) is 1.45. The third-order valence-corrected chi connectivity index (χ3v) is 7.24. The number of benzene rings is 1. The molecular weight excluding hydrogens is 463 g/mol. The van der Waals surface area contributed by atoms with E-state index in [1.54, 1.807) is 35.5 Å². The molecule has 3 aromatic rings. The van der Waals surface area contributed by atoms with E-state index in [4.69, 9.17) is 9.15 Å². The number of rotatable bonds is 8. The molecule has 1 aliphatic heterocycles. The summed E-state index contributed by atoms with van der Waals surface area (Å²) in [6, 6.07) is 8.76. The molecule has 1 atom stereocenters. The molecule has 3 heterocycles. The fourth-order valence-electron chi connectivity index (χ4n) is 5.23. The molecule has 36 heavy (non-hydrogen) atoms. The summed E-state index contributed by atoms with van der Waals surface area (Å²) in [6.07, 6.45) is 10.4. The first-order chi connectivity index (χ1) is 17.5. The third kappa shape index (κ3) is 5.16. The minimum atomic E-state index is -0.906. The molecule has 9 heteroatoms. The summed E-state index contributed by atoms with van der Waals surface area (Å²) in [5.74, 6) is -1.01. The molecule has 0 radical (unpaired) electrons. The maximum atomic E-state index is 13.7. The summed E-state index contributed by atoms with van der Waals surface area (Å²) in [6.45, 7) is 1.07. The maximum absolute atomic E-state index is 13.7. The Labute approximate surface area is 208 Å². The summed E-state index contributed by atoms with van der Waals surface area (Å²) in [4.78, 5) is 37.3. The summed E-state index contributed by atoms with van der Waals surface area (Å²) < 4.78 is 24.5. The van der Waals surface area contributed by atoms with Crippen LogP contribution in [0.2, 0.25) is 0 Å². The molecule has 2 fully saturated rings. The van der Waals surface area contributed by atoms with Crippen LogP contribution >= 0.6 is 0 Å². The topological polar surface area (TPSA) is 97.6 Å². The van der Waals surface area contributed by atoms with E-state index < -0.39 is 6.04 Å². The van der Waals surface area contributed by atoms with Crippen molar-refractivity contribution >= 4 is 11.8 Å². The molecule has 188 valence electrons. The molecule has 0 bridgehead atoms. The molecular formula is C27H29FN4O4. The fraction of sp³-hybridized carbons (Fsp3) is 0.407. The second-order valence-electron chi connectivity index (χ2n) is 9.46. The molecule has 1 N–H and O–H groups in total. The van der Waals surface area contributed by atoms with Gasteiger partial charge in [-0.25, -0.2) is 9.37 Å². The van der Waals surface area contributed by atoms with E-state index >= 15 is 0 Å². The molecule has 1 spiro atoms. The fourth-order valence-corrected chi connectivity index (χ4v) is 5.23. The zero-order valence-electron chi connectivity index (χ0n) is 19.9. The number of carbonyl (C=O) groups is 2. The Hall–Kier alpha value is -3.59. The van der Waals surface area contributed by atoms with Crippen molar-refractivity contribution in [2.75, 3.05) is 13.2 Å². The van der Waals surface area contributed by atoms with Crippen LogP contribution in [0, 0.1) is 5.82 Å². The van der Waals surface area contributed by atoms with Gasteiger partial charge in [0.05, 0.1) is 12.2 Å². The van der Waals surface area contributed by atoms with Crippen molar-refractivity contribution in [3.05, 3.63) is 84.1 Å². The Morgan fingerprint density at radius 1 is 1.19 bits per heavy atom. The Morgan fingerprint density at radius 3 is 2.67 bits per heavy atom. The lowest BCUT2D eigenvalue weighted by molar-refractivity contribution is -0.171. The number of oxazole rings is 1. The van der Waals surface area contributed by atoms with Crippen molar-refractivity contribution < 1.29 is 23.1 Å². The van der Waals surface area contributed by atoms with Crippen LogP contribution in [0.15, 0.2) is 65.9 Å². The lowest BCUT2D eigenvalue weighted by atomic mass is 9.76. The van der Waals surface area contributed by atoms with E-state index in [-0.39, 0.29) is 35.0 Å². The van der Waals surface area contributed by atoms with Gasteiger partial charge in [-0.15, -0.1) is 0 Å². The van der Waals surface area contributed by atoms with Gasteiger partial charge in [0, 0.05) is 30.5 Å². The first-order valence-corrected chi connectivity index (χ1v) is 12.3. The number of hydrogen-bond donors (Lipinski definition) is 1. The SMILES string of the molecule is O=C(NCCc1cccc(F)c1)C(c1cccnc1)N(C(=O)c1cocn1)C1CCC2(CCO2)CC1. The van der Waals surface area contributed by atoms with Gasteiger partial charge in [0.15, 0.2) is 12.1 Å². The molecule has 8 nitrogen and oxygen atoms in total. The minimum Gasteiger partial charge on any atom is -0.451 e. The normalized spacial score (nSPS) is 22.0. The standard InChI is InChI=1S/C27H29FN4O4/c28-21-5-1-3-19(15-21)8-13-30-25(33)24(20-4-2-12-29-16-20)32(26(34)23-17-35-18-31-23)22-6-9-27(10-7-22)11-14-36-27/h1-5,12,15-18,22,24H,6-11,13-14H2,(H,30,33). The summed E-state index contributed by atoms with van der Waals surface area (Å²) >= 11 is 0. The van der Waals surface area contributed by atoms with Crippen LogP contribution in [0.25, 0.3) is 0 Å². The molecule has 1 aliphatic carbocycles. The van der Waals surface area contributed by atoms with E-state index in [0.717, 1.165) is 44.3 Å². The third-order valence-electron chi connectivity index (χ3n) is 7.24. The van der Waals surface area contributed by atoms with Gasteiger partial charge >= 0.3 is 0 Å². The number of aromatic nitrogens is 2. The number of hydrogen-bond acceptors (Lipinski definition) is 6.